The van der Waals surface area contributed by atoms with Gasteiger partial charge in [0.05, 0.1) is 18.2 Å². The fraction of sp³-hybridized carbons (Fsp3) is 0.286. The topological polar surface area (TPSA) is 44.2 Å². The molecule has 5 heteroatoms. The number of ether oxygens (including phenoxy) is 2. The largest absolute Gasteiger partial charge is 0.493 e. The molecule has 2 rings (SSSR count). The Bertz CT molecular complexity index is 547. The van der Waals surface area contributed by atoms with Gasteiger partial charge in [0.1, 0.15) is 0 Å². The smallest absolute Gasteiger partial charge is 0.176 e. The number of halogens is 1. The number of benzene rings is 1. The zero-order chi connectivity index (χ0) is 13.7. The van der Waals surface area contributed by atoms with Crippen molar-refractivity contribution in [1.29, 1.82) is 0 Å². The normalized spacial score (nSPS) is 10.3. The van der Waals surface area contributed by atoms with Gasteiger partial charge in [-0.25, -0.2) is 9.97 Å². The minimum atomic E-state index is 0.633. The predicted molar refractivity (Wildman–Crippen MR) is 77.5 cm³/mol. The van der Waals surface area contributed by atoms with E-state index in [1.165, 1.54) is 0 Å². The van der Waals surface area contributed by atoms with E-state index in [0.29, 0.717) is 23.9 Å². The summed E-state index contributed by atoms with van der Waals surface area (Å²) in [6, 6.07) is 5.56. The second-order valence-corrected chi connectivity index (χ2v) is 4.67. The minimum Gasteiger partial charge on any atom is -0.493 e. The predicted octanol–water partition coefficient (Wildman–Crippen LogP) is 3.70. The number of hydrogen-bond donors (Lipinski definition) is 0. The first-order valence-corrected chi connectivity index (χ1v) is 6.84. The molecule has 0 saturated heterocycles. The van der Waals surface area contributed by atoms with Crippen LogP contribution in [0, 0.1) is 0 Å². The molecule has 0 atom stereocenters. The highest BCUT2D eigenvalue weighted by molar-refractivity contribution is 9.10. The van der Waals surface area contributed by atoms with Crippen LogP contribution < -0.4 is 9.47 Å². The Balaban J connectivity index is 2.47. The maximum absolute atomic E-state index is 5.74. The van der Waals surface area contributed by atoms with E-state index in [4.69, 9.17) is 9.47 Å². The Morgan fingerprint density at radius 2 is 1.95 bits per heavy atom. The van der Waals surface area contributed by atoms with Crippen molar-refractivity contribution in [3.8, 4) is 22.9 Å². The lowest BCUT2D eigenvalue weighted by Crippen LogP contribution is -2.00. The molecular formula is C14H15BrN2O2. The zero-order valence-corrected chi connectivity index (χ0v) is 12.5. The highest BCUT2D eigenvalue weighted by Gasteiger charge is 2.15. The average Bonchev–Trinajstić information content (AvgIpc) is 2.46. The molecule has 0 amide bonds. The summed E-state index contributed by atoms with van der Waals surface area (Å²) in [4.78, 5) is 8.50. The molecule has 0 bridgehead atoms. The van der Waals surface area contributed by atoms with Gasteiger partial charge in [-0.1, -0.05) is 6.92 Å². The van der Waals surface area contributed by atoms with Crippen LogP contribution in [0.2, 0.25) is 0 Å². The van der Waals surface area contributed by atoms with Crippen molar-refractivity contribution < 1.29 is 9.47 Å². The van der Waals surface area contributed by atoms with E-state index in [2.05, 4.69) is 32.8 Å². The maximum atomic E-state index is 5.74. The summed E-state index contributed by atoms with van der Waals surface area (Å²) in [5, 5.41) is 0. The van der Waals surface area contributed by atoms with Crippen LogP contribution in [0.15, 0.2) is 35.1 Å². The Kier molecular flexibility index (Phi) is 4.74. The van der Waals surface area contributed by atoms with Crippen molar-refractivity contribution in [3.05, 3.63) is 35.1 Å². The number of aromatic nitrogens is 2. The maximum Gasteiger partial charge on any atom is 0.176 e. The zero-order valence-electron chi connectivity index (χ0n) is 10.9. The van der Waals surface area contributed by atoms with Crippen LogP contribution in [0.4, 0.5) is 0 Å². The number of nitrogens with zero attached hydrogens (tertiary/aromatic N) is 2. The lowest BCUT2D eigenvalue weighted by molar-refractivity contribution is 0.292. The fourth-order valence-corrected chi connectivity index (χ4v) is 2.27. The molecule has 1 heterocycles. The van der Waals surface area contributed by atoms with Crippen molar-refractivity contribution >= 4 is 15.9 Å². The Hall–Kier alpha value is -1.62. The van der Waals surface area contributed by atoms with Gasteiger partial charge >= 0.3 is 0 Å². The van der Waals surface area contributed by atoms with Crippen LogP contribution >= 0.6 is 15.9 Å². The molecule has 0 unspecified atom stereocenters. The van der Waals surface area contributed by atoms with E-state index in [-0.39, 0.29) is 0 Å². The van der Waals surface area contributed by atoms with E-state index in [1.54, 1.807) is 25.6 Å². The third kappa shape index (κ3) is 3.04. The summed E-state index contributed by atoms with van der Waals surface area (Å²) in [5.74, 6) is 2.03. The van der Waals surface area contributed by atoms with Gasteiger partial charge in [-0.05, 0) is 40.5 Å². The molecule has 19 heavy (non-hydrogen) atoms. The minimum absolute atomic E-state index is 0.633. The van der Waals surface area contributed by atoms with Crippen molar-refractivity contribution in [2.24, 2.45) is 0 Å². The molecule has 0 aliphatic carbocycles. The van der Waals surface area contributed by atoms with Gasteiger partial charge < -0.3 is 9.47 Å². The first kappa shape index (κ1) is 13.8. The molecule has 0 aliphatic rings. The summed E-state index contributed by atoms with van der Waals surface area (Å²) in [7, 11) is 1.62. The highest BCUT2D eigenvalue weighted by Crippen LogP contribution is 2.41. The molecular weight excluding hydrogens is 308 g/mol. The van der Waals surface area contributed by atoms with Crippen molar-refractivity contribution in [2.45, 2.75) is 13.3 Å². The first-order chi connectivity index (χ1) is 9.27. The number of methoxy groups -OCH3 is 1. The number of hydrogen-bond acceptors (Lipinski definition) is 4. The van der Waals surface area contributed by atoms with Gasteiger partial charge in [0.25, 0.3) is 0 Å². The average molecular weight is 323 g/mol. The van der Waals surface area contributed by atoms with Gasteiger partial charge in [-0.15, -0.1) is 0 Å². The SMILES string of the molecule is CCCOc1c(OC)ccc(-c2ncccn2)c1Br. The lowest BCUT2D eigenvalue weighted by Gasteiger charge is -2.14. The van der Waals surface area contributed by atoms with Gasteiger partial charge in [0.15, 0.2) is 17.3 Å². The molecule has 0 radical (unpaired) electrons. The van der Waals surface area contributed by atoms with Crippen LogP contribution in [-0.4, -0.2) is 23.7 Å². The van der Waals surface area contributed by atoms with Gasteiger partial charge in [-0.3, -0.25) is 0 Å². The van der Waals surface area contributed by atoms with Crippen molar-refractivity contribution in [1.82, 2.24) is 9.97 Å². The van der Waals surface area contributed by atoms with E-state index in [9.17, 15) is 0 Å². The second kappa shape index (κ2) is 6.52. The summed E-state index contributed by atoms with van der Waals surface area (Å²) in [6.45, 7) is 2.69. The molecule has 0 aliphatic heterocycles. The van der Waals surface area contributed by atoms with Gasteiger partial charge in [-0.2, -0.15) is 0 Å². The first-order valence-electron chi connectivity index (χ1n) is 6.04. The molecule has 0 saturated carbocycles. The van der Waals surface area contributed by atoms with Crippen molar-refractivity contribution in [3.63, 3.8) is 0 Å². The third-order valence-electron chi connectivity index (χ3n) is 2.54. The van der Waals surface area contributed by atoms with E-state index < -0.39 is 0 Å². The molecule has 1 aromatic heterocycles. The molecule has 0 spiro atoms. The molecule has 100 valence electrons. The summed E-state index contributed by atoms with van der Waals surface area (Å²) in [6.07, 6.45) is 4.36. The highest BCUT2D eigenvalue weighted by atomic mass is 79.9. The quantitative estimate of drug-likeness (QED) is 0.841. The van der Waals surface area contributed by atoms with Crippen LogP contribution in [0.5, 0.6) is 11.5 Å². The summed E-state index contributed by atoms with van der Waals surface area (Å²) in [5.41, 5.74) is 0.882. The monoisotopic (exact) mass is 322 g/mol. The fourth-order valence-electron chi connectivity index (χ4n) is 1.65. The standard InChI is InChI=1S/C14H15BrN2O2/c1-3-9-19-13-11(18-2)6-5-10(12(13)15)14-16-7-4-8-17-14/h4-8H,3,9H2,1-2H3. The molecule has 4 nitrogen and oxygen atoms in total. The van der Waals surface area contributed by atoms with Crippen LogP contribution in [-0.2, 0) is 0 Å². The molecule has 2 aromatic rings. The molecule has 1 aromatic carbocycles. The molecule has 0 fully saturated rings. The van der Waals surface area contributed by atoms with E-state index in [1.807, 2.05) is 12.1 Å². The van der Waals surface area contributed by atoms with Gasteiger partial charge in [0.2, 0.25) is 0 Å². The lowest BCUT2D eigenvalue weighted by atomic mass is 10.2. The van der Waals surface area contributed by atoms with E-state index in [0.717, 1.165) is 16.5 Å². The Morgan fingerprint density at radius 1 is 1.21 bits per heavy atom. The molecule has 0 N–H and O–H groups in total. The Labute approximate surface area is 120 Å². The van der Waals surface area contributed by atoms with Gasteiger partial charge in [0, 0.05) is 18.0 Å². The van der Waals surface area contributed by atoms with Crippen LogP contribution in [0.25, 0.3) is 11.4 Å². The number of rotatable bonds is 5. The van der Waals surface area contributed by atoms with Crippen LogP contribution in [0.1, 0.15) is 13.3 Å². The van der Waals surface area contributed by atoms with Crippen molar-refractivity contribution in [2.75, 3.05) is 13.7 Å². The summed E-state index contributed by atoms with van der Waals surface area (Å²) < 4.78 is 11.9. The third-order valence-corrected chi connectivity index (χ3v) is 3.33. The van der Waals surface area contributed by atoms with E-state index >= 15 is 0 Å². The summed E-state index contributed by atoms with van der Waals surface area (Å²) >= 11 is 3.55. The Morgan fingerprint density at radius 3 is 2.58 bits per heavy atom. The second-order valence-electron chi connectivity index (χ2n) is 3.88. The van der Waals surface area contributed by atoms with Crippen LogP contribution in [0.3, 0.4) is 0 Å².